The number of aromatic nitrogens is 4. The number of likely N-dealkylation sites (tertiary alicyclic amines) is 1. The summed E-state index contributed by atoms with van der Waals surface area (Å²) in [5.41, 5.74) is 3.60. The van der Waals surface area contributed by atoms with E-state index in [0.29, 0.717) is 17.2 Å². The minimum absolute atomic E-state index is 0.294. The highest BCUT2D eigenvalue weighted by Gasteiger charge is 2.38. The monoisotopic (exact) mass is 645 g/mol. The lowest BCUT2D eigenvalue weighted by Gasteiger charge is -2.31. The van der Waals surface area contributed by atoms with E-state index < -0.39 is 24.3 Å². The molecule has 0 spiro atoms. The number of rotatable bonds is 5. The summed E-state index contributed by atoms with van der Waals surface area (Å²) in [4.78, 5) is 29.1. The van der Waals surface area contributed by atoms with Crippen molar-refractivity contribution < 1.29 is 55.3 Å². The maximum atomic E-state index is 13.8. The molecule has 1 aromatic carbocycles. The summed E-state index contributed by atoms with van der Waals surface area (Å²) in [7, 11) is 1.59. The Morgan fingerprint density at radius 1 is 0.978 bits per heavy atom. The van der Waals surface area contributed by atoms with Crippen LogP contribution in [0.2, 0.25) is 0 Å². The number of benzene rings is 1. The zero-order chi connectivity index (χ0) is 33.4. The molecule has 3 aromatic heterocycles. The fourth-order valence-electron chi connectivity index (χ4n) is 4.29. The predicted octanol–water partition coefficient (Wildman–Crippen LogP) is 5.59. The van der Waals surface area contributed by atoms with E-state index in [1.54, 1.807) is 17.7 Å². The first kappa shape index (κ1) is 34.7. The summed E-state index contributed by atoms with van der Waals surface area (Å²) in [6.45, 7) is 2.93. The number of carboxylic acids is 2. The van der Waals surface area contributed by atoms with Crippen molar-refractivity contribution in [1.82, 2.24) is 24.5 Å². The zero-order valence-corrected chi connectivity index (χ0v) is 23.4. The van der Waals surface area contributed by atoms with Gasteiger partial charge in [0.15, 0.2) is 11.5 Å². The van der Waals surface area contributed by atoms with E-state index >= 15 is 0 Å². The number of nitrogens with zero attached hydrogens (tertiary/aromatic N) is 5. The third kappa shape index (κ3) is 10.1. The molecule has 0 aliphatic carbocycles. The molecular formula is C28H26F7N5O5. The number of aliphatic carboxylic acids is 2. The Morgan fingerprint density at radius 3 is 2.18 bits per heavy atom. The number of hydrogen-bond donors (Lipinski definition) is 2. The molecule has 45 heavy (non-hydrogen) atoms. The van der Waals surface area contributed by atoms with Gasteiger partial charge in [0, 0.05) is 48.7 Å². The molecule has 1 aliphatic heterocycles. The van der Waals surface area contributed by atoms with Gasteiger partial charge >= 0.3 is 24.3 Å². The van der Waals surface area contributed by atoms with Gasteiger partial charge < -0.3 is 14.9 Å². The van der Waals surface area contributed by atoms with Gasteiger partial charge in [-0.25, -0.2) is 23.5 Å². The van der Waals surface area contributed by atoms with Gasteiger partial charge in [0.1, 0.15) is 11.6 Å². The number of alkyl halides is 6. The molecule has 1 fully saturated rings. The van der Waals surface area contributed by atoms with Crippen LogP contribution < -0.4 is 4.74 Å². The van der Waals surface area contributed by atoms with Crippen molar-refractivity contribution in [2.45, 2.75) is 37.7 Å². The molecule has 10 nitrogen and oxygen atoms in total. The number of halogens is 7. The first-order valence-corrected chi connectivity index (χ1v) is 13.0. The van der Waals surface area contributed by atoms with Gasteiger partial charge in [-0.15, -0.1) is 0 Å². The Kier molecular flexibility index (Phi) is 11.4. The second-order valence-electron chi connectivity index (χ2n) is 9.57. The van der Waals surface area contributed by atoms with E-state index in [-0.39, 0.29) is 5.82 Å². The Labute approximate surface area is 250 Å². The lowest BCUT2D eigenvalue weighted by molar-refractivity contribution is -0.193. The number of ether oxygens (including phenoxy) is 1. The largest absolute Gasteiger partial charge is 0.496 e. The van der Waals surface area contributed by atoms with Crippen molar-refractivity contribution in [3.8, 4) is 16.9 Å². The Hall–Kier alpha value is -4.80. The highest BCUT2D eigenvalue weighted by atomic mass is 19.4. The van der Waals surface area contributed by atoms with Crippen molar-refractivity contribution in [1.29, 1.82) is 0 Å². The molecule has 1 atom stereocenters. The van der Waals surface area contributed by atoms with Gasteiger partial charge in [0.25, 0.3) is 0 Å². The van der Waals surface area contributed by atoms with Crippen molar-refractivity contribution in [3.05, 3.63) is 78.3 Å². The van der Waals surface area contributed by atoms with Crippen LogP contribution in [0.15, 0.2) is 61.1 Å². The third-order valence-electron chi connectivity index (χ3n) is 6.33. The summed E-state index contributed by atoms with van der Waals surface area (Å²) in [6.07, 6.45) is -2.40. The smallest absolute Gasteiger partial charge is 0.490 e. The quantitative estimate of drug-likeness (QED) is 0.267. The topological polar surface area (TPSA) is 130 Å². The van der Waals surface area contributed by atoms with E-state index in [4.69, 9.17) is 34.6 Å². The van der Waals surface area contributed by atoms with Gasteiger partial charge in [0.2, 0.25) is 0 Å². The third-order valence-corrected chi connectivity index (χ3v) is 6.33. The summed E-state index contributed by atoms with van der Waals surface area (Å²) < 4.78 is 84.5. The number of methoxy groups -OCH3 is 1. The average molecular weight is 646 g/mol. The van der Waals surface area contributed by atoms with E-state index in [0.717, 1.165) is 49.5 Å². The standard InChI is InChI=1S/C24H24FN5O.2C2HF3O2/c1-31-22-6-5-20(25)13-21(22)18-4-7-23-27-24(28-30(23)16-18)19-3-2-12-29(15-19)14-17-8-10-26-11-9-17;2*3-2(4,5)1(6)7/h4-11,13,16,19H,2-3,12,14-15H2,1H3;2*(H,6,7). The molecule has 4 aromatic rings. The maximum absolute atomic E-state index is 13.8. The Balaban J connectivity index is 0.000000331. The molecule has 4 heterocycles. The molecule has 2 N–H and O–H groups in total. The highest BCUT2D eigenvalue weighted by Crippen LogP contribution is 2.31. The van der Waals surface area contributed by atoms with Gasteiger partial charge in [0.05, 0.1) is 7.11 Å². The number of carboxylic acid groups (broad SMARTS) is 2. The van der Waals surface area contributed by atoms with Crippen LogP contribution in [0.4, 0.5) is 30.7 Å². The molecule has 17 heteroatoms. The number of fused-ring (bicyclic) bond motifs is 1. The van der Waals surface area contributed by atoms with Crippen LogP contribution in [-0.2, 0) is 16.1 Å². The van der Waals surface area contributed by atoms with Crippen LogP contribution in [0.3, 0.4) is 0 Å². The molecule has 5 rings (SSSR count). The first-order chi connectivity index (χ1) is 21.1. The first-order valence-electron chi connectivity index (χ1n) is 13.0. The summed E-state index contributed by atoms with van der Waals surface area (Å²) in [5.74, 6) is -4.03. The number of piperidine rings is 1. The minimum atomic E-state index is -5.08. The second-order valence-corrected chi connectivity index (χ2v) is 9.57. The van der Waals surface area contributed by atoms with Crippen molar-refractivity contribution in [3.63, 3.8) is 0 Å². The maximum Gasteiger partial charge on any atom is 0.490 e. The van der Waals surface area contributed by atoms with Crippen LogP contribution in [-0.4, -0.2) is 79.2 Å². The van der Waals surface area contributed by atoms with Gasteiger partial charge in [-0.05, 0) is 67.4 Å². The summed E-state index contributed by atoms with van der Waals surface area (Å²) >= 11 is 0. The number of carbonyl (C=O) groups is 2. The Morgan fingerprint density at radius 2 is 1.60 bits per heavy atom. The molecule has 242 valence electrons. The molecule has 0 saturated carbocycles. The lowest BCUT2D eigenvalue weighted by atomic mass is 9.97. The van der Waals surface area contributed by atoms with Crippen molar-refractivity contribution in [2.24, 2.45) is 0 Å². The zero-order valence-electron chi connectivity index (χ0n) is 23.4. The fourth-order valence-corrected chi connectivity index (χ4v) is 4.29. The highest BCUT2D eigenvalue weighted by molar-refractivity contribution is 5.73. The van der Waals surface area contributed by atoms with E-state index in [9.17, 15) is 30.7 Å². The normalized spacial score (nSPS) is 15.3. The van der Waals surface area contributed by atoms with Gasteiger partial charge in [-0.3, -0.25) is 9.88 Å². The predicted molar refractivity (Wildman–Crippen MR) is 144 cm³/mol. The molecule has 1 unspecified atom stereocenters. The van der Waals surface area contributed by atoms with Crippen LogP contribution in [0, 0.1) is 5.82 Å². The SMILES string of the molecule is COc1ccc(F)cc1-c1ccc2nc(C3CCCN(Cc4ccncc4)C3)nn2c1.O=C(O)C(F)(F)F.O=C(O)C(F)(F)F. The van der Waals surface area contributed by atoms with Crippen LogP contribution in [0.25, 0.3) is 16.8 Å². The van der Waals surface area contributed by atoms with E-state index in [1.165, 1.54) is 17.7 Å². The van der Waals surface area contributed by atoms with E-state index in [1.807, 2.05) is 30.7 Å². The van der Waals surface area contributed by atoms with Crippen molar-refractivity contribution in [2.75, 3.05) is 20.2 Å². The molecule has 0 radical (unpaired) electrons. The second kappa shape index (κ2) is 14.8. The van der Waals surface area contributed by atoms with Gasteiger partial charge in [-0.1, -0.05) is 0 Å². The summed E-state index contributed by atoms with van der Waals surface area (Å²) in [5, 5.41) is 19.0. The molecule has 1 aliphatic rings. The molecular weight excluding hydrogens is 619 g/mol. The van der Waals surface area contributed by atoms with Crippen LogP contribution in [0.1, 0.15) is 30.1 Å². The van der Waals surface area contributed by atoms with Crippen molar-refractivity contribution >= 4 is 17.6 Å². The molecule has 1 saturated heterocycles. The summed E-state index contributed by atoms with van der Waals surface area (Å²) in [6, 6.07) is 12.5. The molecule has 0 amide bonds. The Bertz CT molecular complexity index is 1570. The lowest BCUT2D eigenvalue weighted by Crippen LogP contribution is -2.34. The minimum Gasteiger partial charge on any atom is -0.496 e. The van der Waals surface area contributed by atoms with E-state index in [2.05, 4.69) is 22.0 Å². The van der Waals surface area contributed by atoms with Crippen LogP contribution >= 0.6 is 0 Å². The fraction of sp³-hybridized carbons (Fsp3) is 0.321. The average Bonchev–Trinajstić information content (AvgIpc) is 3.41. The number of hydrogen-bond acceptors (Lipinski definition) is 7. The molecule has 0 bridgehead atoms. The number of pyridine rings is 2. The van der Waals surface area contributed by atoms with Crippen LogP contribution in [0.5, 0.6) is 5.75 Å². The van der Waals surface area contributed by atoms with Gasteiger partial charge in [-0.2, -0.15) is 31.4 Å².